The number of nitrogens with zero attached hydrogens (tertiary/aromatic N) is 1. The maximum atomic E-state index is 13.1. The van der Waals surface area contributed by atoms with Crippen LogP contribution < -0.4 is 15.0 Å². The summed E-state index contributed by atoms with van der Waals surface area (Å²) in [5.41, 5.74) is 2.19. The molecular weight excluding hydrogens is 463 g/mol. The molecule has 0 saturated carbocycles. The van der Waals surface area contributed by atoms with Gasteiger partial charge >= 0.3 is 6.03 Å². The summed E-state index contributed by atoms with van der Waals surface area (Å²) in [4.78, 5) is 38.9. The van der Waals surface area contributed by atoms with Gasteiger partial charge in [0.1, 0.15) is 17.9 Å². The number of anilines is 1. The van der Waals surface area contributed by atoms with Gasteiger partial charge in [-0.1, -0.05) is 53.5 Å². The lowest BCUT2D eigenvalue weighted by atomic mass is 10.1. The minimum absolute atomic E-state index is 0.177. The molecule has 166 valence electrons. The van der Waals surface area contributed by atoms with E-state index in [4.69, 9.17) is 27.9 Å². The Kier molecular flexibility index (Phi) is 6.49. The molecule has 4 rings (SSSR count). The van der Waals surface area contributed by atoms with E-state index in [9.17, 15) is 14.4 Å². The lowest BCUT2D eigenvalue weighted by molar-refractivity contribution is -0.122. The molecule has 3 aromatic rings. The van der Waals surface area contributed by atoms with E-state index in [1.54, 1.807) is 61.5 Å². The highest BCUT2D eigenvalue weighted by Crippen LogP contribution is 2.29. The Hall–Kier alpha value is -3.61. The van der Waals surface area contributed by atoms with Gasteiger partial charge in [-0.2, -0.15) is 0 Å². The monoisotopic (exact) mass is 480 g/mol. The molecule has 0 atom stereocenters. The van der Waals surface area contributed by atoms with Gasteiger partial charge in [-0.15, -0.1) is 0 Å². The minimum atomic E-state index is -0.826. The van der Waals surface area contributed by atoms with Crippen LogP contribution in [-0.2, 0) is 16.2 Å². The number of rotatable bonds is 5. The van der Waals surface area contributed by atoms with Crippen molar-refractivity contribution in [1.29, 1.82) is 0 Å². The van der Waals surface area contributed by atoms with Crippen molar-refractivity contribution in [1.82, 2.24) is 5.32 Å². The summed E-state index contributed by atoms with van der Waals surface area (Å²) in [6, 6.07) is 18.3. The third kappa shape index (κ3) is 4.92. The van der Waals surface area contributed by atoms with Gasteiger partial charge < -0.3 is 4.74 Å². The van der Waals surface area contributed by atoms with Crippen LogP contribution in [-0.4, -0.2) is 17.8 Å². The summed E-state index contributed by atoms with van der Waals surface area (Å²) in [7, 11) is 0. The number of hydrogen-bond acceptors (Lipinski definition) is 4. The average molecular weight is 481 g/mol. The first-order valence-corrected chi connectivity index (χ1v) is 10.7. The fourth-order valence-corrected chi connectivity index (χ4v) is 3.62. The van der Waals surface area contributed by atoms with E-state index >= 15 is 0 Å². The van der Waals surface area contributed by atoms with E-state index in [2.05, 4.69) is 5.32 Å². The molecule has 1 aliphatic heterocycles. The number of barbiturate groups is 1. The van der Waals surface area contributed by atoms with E-state index in [0.717, 1.165) is 10.5 Å². The third-order valence-electron chi connectivity index (χ3n) is 5.07. The van der Waals surface area contributed by atoms with Crippen molar-refractivity contribution < 1.29 is 19.1 Å². The van der Waals surface area contributed by atoms with Gasteiger partial charge in [0.05, 0.1) is 5.69 Å². The van der Waals surface area contributed by atoms with Crippen molar-refractivity contribution in [2.24, 2.45) is 0 Å². The summed E-state index contributed by atoms with van der Waals surface area (Å²) in [6.07, 6.45) is 1.42. The molecule has 8 heteroatoms. The molecule has 1 aliphatic rings. The summed E-state index contributed by atoms with van der Waals surface area (Å²) < 4.78 is 5.81. The zero-order valence-corrected chi connectivity index (χ0v) is 19.0. The SMILES string of the molecule is Cc1c(Cl)cccc1N1C(=O)NC(=O)/C(=C/c2cccc(OCc3ccc(Cl)cc3)c2)C1=O. The standard InChI is InChI=1S/C25H18Cl2N2O4/c1-15-21(27)6-3-7-22(15)29-24(31)20(23(30)28-25(29)32)13-17-4-2-5-19(12-17)33-14-16-8-10-18(26)11-9-16/h2-13H,14H2,1H3,(H,28,30,32)/b20-13-. The van der Waals surface area contributed by atoms with Crippen LogP contribution in [0, 0.1) is 6.92 Å². The Balaban J connectivity index is 1.59. The highest BCUT2D eigenvalue weighted by molar-refractivity contribution is 6.40. The molecule has 1 saturated heterocycles. The second-order valence-corrected chi connectivity index (χ2v) is 8.17. The molecule has 3 aromatic carbocycles. The number of ether oxygens (including phenoxy) is 1. The molecule has 4 amide bonds. The van der Waals surface area contributed by atoms with Crippen molar-refractivity contribution >= 4 is 52.8 Å². The Morgan fingerprint density at radius 2 is 1.70 bits per heavy atom. The second-order valence-electron chi connectivity index (χ2n) is 7.33. The first-order chi connectivity index (χ1) is 15.8. The molecule has 0 aliphatic carbocycles. The third-order valence-corrected chi connectivity index (χ3v) is 5.73. The normalized spacial score (nSPS) is 15.1. The highest BCUT2D eigenvalue weighted by Gasteiger charge is 2.37. The van der Waals surface area contributed by atoms with Crippen LogP contribution in [0.5, 0.6) is 5.75 Å². The van der Waals surface area contributed by atoms with Crippen LogP contribution >= 0.6 is 23.2 Å². The smallest absolute Gasteiger partial charge is 0.335 e. The number of amides is 4. The molecule has 6 nitrogen and oxygen atoms in total. The Morgan fingerprint density at radius 1 is 0.970 bits per heavy atom. The lowest BCUT2D eigenvalue weighted by Gasteiger charge is -2.27. The molecule has 1 heterocycles. The number of imide groups is 2. The van der Waals surface area contributed by atoms with Crippen LogP contribution in [0.4, 0.5) is 10.5 Å². The van der Waals surface area contributed by atoms with Crippen molar-refractivity contribution in [2.75, 3.05) is 4.90 Å². The topological polar surface area (TPSA) is 75.7 Å². The number of benzene rings is 3. The van der Waals surface area contributed by atoms with Crippen molar-refractivity contribution in [3.63, 3.8) is 0 Å². The molecule has 0 aromatic heterocycles. The predicted molar refractivity (Wildman–Crippen MR) is 127 cm³/mol. The van der Waals surface area contributed by atoms with Crippen LogP contribution in [0.2, 0.25) is 10.0 Å². The minimum Gasteiger partial charge on any atom is -0.489 e. The van der Waals surface area contributed by atoms with Crippen molar-refractivity contribution in [3.05, 3.63) is 99.0 Å². The Morgan fingerprint density at radius 3 is 2.45 bits per heavy atom. The molecule has 0 spiro atoms. The van der Waals surface area contributed by atoms with Crippen LogP contribution in [0.1, 0.15) is 16.7 Å². The molecular formula is C25H18Cl2N2O4. The largest absolute Gasteiger partial charge is 0.489 e. The fraction of sp³-hybridized carbons (Fsp3) is 0.0800. The summed E-state index contributed by atoms with van der Waals surface area (Å²) in [5.74, 6) is -0.948. The molecule has 1 N–H and O–H groups in total. The van der Waals surface area contributed by atoms with E-state index in [-0.39, 0.29) is 5.57 Å². The molecule has 1 fully saturated rings. The number of hydrogen-bond donors (Lipinski definition) is 1. The second kappa shape index (κ2) is 9.48. The first-order valence-electron chi connectivity index (χ1n) is 9.97. The number of carbonyl (C=O) groups excluding carboxylic acids is 3. The molecule has 0 radical (unpaired) electrons. The van der Waals surface area contributed by atoms with E-state index in [1.807, 2.05) is 12.1 Å². The predicted octanol–water partition coefficient (Wildman–Crippen LogP) is 5.55. The molecule has 0 unspecified atom stereocenters. The average Bonchev–Trinajstić information content (AvgIpc) is 2.79. The van der Waals surface area contributed by atoms with Crippen molar-refractivity contribution in [3.8, 4) is 5.75 Å². The molecule has 33 heavy (non-hydrogen) atoms. The van der Waals surface area contributed by atoms with Crippen molar-refractivity contribution in [2.45, 2.75) is 13.5 Å². The van der Waals surface area contributed by atoms with Gasteiger partial charge in [-0.25, -0.2) is 9.69 Å². The van der Waals surface area contributed by atoms with Crippen LogP contribution in [0.25, 0.3) is 6.08 Å². The molecule has 0 bridgehead atoms. The van der Waals surface area contributed by atoms with Gasteiger partial charge in [-0.3, -0.25) is 14.9 Å². The highest BCUT2D eigenvalue weighted by atomic mass is 35.5. The van der Waals surface area contributed by atoms with Gasteiger partial charge in [0.2, 0.25) is 0 Å². The van der Waals surface area contributed by atoms with Gasteiger partial charge in [0.25, 0.3) is 11.8 Å². The quantitative estimate of drug-likeness (QED) is 0.383. The van der Waals surface area contributed by atoms with Gasteiger partial charge in [0, 0.05) is 10.0 Å². The van der Waals surface area contributed by atoms with E-state index in [1.165, 1.54) is 6.08 Å². The zero-order valence-electron chi connectivity index (χ0n) is 17.5. The Labute approximate surface area is 200 Å². The Bertz CT molecular complexity index is 1290. The lowest BCUT2D eigenvalue weighted by Crippen LogP contribution is -2.54. The first kappa shape index (κ1) is 22.6. The van der Waals surface area contributed by atoms with Gasteiger partial charge in [0.15, 0.2) is 0 Å². The number of urea groups is 1. The number of nitrogens with one attached hydrogen (secondary N) is 1. The van der Waals surface area contributed by atoms with E-state index in [0.29, 0.717) is 39.2 Å². The number of halogens is 2. The maximum absolute atomic E-state index is 13.1. The number of carbonyl (C=O) groups is 3. The van der Waals surface area contributed by atoms with Crippen LogP contribution in [0.3, 0.4) is 0 Å². The van der Waals surface area contributed by atoms with Gasteiger partial charge in [-0.05, 0) is 66.1 Å². The van der Waals surface area contributed by atoms with E-state index < -0.39 is 17.8 Å². The fourth-order valence-electron chi connectivity index (χ4n) is 3.32. The van der Waals surface area contributed by atoms with Crippen LogP contribution in [0.15, 0.2) is 72.3 Å². The maximum Gasteiger partial charge on any atom is 0.335 e. The zero-order chi connectivity index (χ0) is 23.5. The summed E-state index contributed by atoms with van der Waals surface area (Å²) in [5, 5.41) is 3.26. The summed E-state index contributed by atoms with van der Waals surface area (Å²) in [6.45, 7) is 2.02. The summed E-state index contributed by atoms with van der Waals surface area (Å²) >= 11 is 12.1.